The monoisotopic (exact) mass is 347 g/mol. The molecule has 0 atom stereocenters. The van der Waals surface area contributed by atoms with Crippen LogP contribution in [0.2, 0.25) is 0 Å². The zero-order valence-corrected chi connectivity index (χ0v) is 14.8. The van der Waals surface area contributed by atoms with Crippen molar-refractivity contribution in [3.05, 3.63) is 60.2 Å². The SMILES string of the molecule is COc1ccc(CSCC(=O)NCCSc2ccccc2)cc1. The summed E-state index contributed by atoms with van der Waals surface area (Å²) in [6.07, 6.45) is 0. The summed E-state index contributed by atoms with van der Waals surface area (Å²) in [4.78, 5) is 13.0. The second-order valence-electron chi connectivity index (χ2n) is 4.85. The van der Waals surface area contributed by atoms with Crippen LogP contribution in [0.1, 0.15) is 5.56 Å². The lowest BCUT2D eigenvalue weighted by Gasteiger charge is -2.06. The predicted octanol–water partition coefficient (Wildman–Crippen LogP) is 3.84. The first-order valence-corrected chi connectivity index (χ1v) is 9.57. The Hall–Kier alpha value is -1.59. The van der Waals surface area contributed by atoms with Gasteiger partial charge in [0.15, 0.2) is 0 Å². The topological polar surface area (TPSA) is 38.3 Å². The number of benzene rings is 2. The first-order chi connectivity index (χ1) is 11.3. The van der Waals surface area contributed by atoms with Gasteiger partial charge in [-0.2, -0.15) is 0 Å². The Morgan fingerprint density at radius 2 is 1.83 bits per heavy atom. The van der Waals surface area contributed by atoms with E-state index in [4.69, 9.17) is 4.74 Å². The first kappa shape index (κ1) is 17.8. The molecule has 5 heteroatoms. The number of carbonyl (C=O) groups is 1. The van der Waals surface area contributed by atoms with Gasteiger partial charge in [-0.05, 0) is 29.8 Å². The van der Waals surface area contributed by atoms with E-state index in [1.54, 1.807) is 30.6 Å². The van der Waals surface area contributed by atoms with E-state index in [1.165, 1.54) is 10.5 Å². The van der Waals surface area contributed by atoms with E-state index in [-0.39, 0.29) is 5.91 Å². The molecule has 0 spiro atoms. The summed E-state index contributed by atoms with van der Waals surface area (Å²) in [7, 11) is 1.66. The molecule has 1 N–H and O–H groups in total. The summed E-state index contributed by atoms with van der Waals surface area (Å²) in [5, 5.41) is 2.96. The Kier molecular flexibility index (Phi) is 7.90. The molecule has 122 valence electrons. The normalized spacial score (nSPS) is 10.3. The fraction of sp³-hybridized carbons (Fsp3) is 0.278. The van der Waals surface area contributed by atoms with Gasteiger partial charge in [-0.25, -0.2) is 0 Å². The van der Waals surface area contributed by atoms with E-state index in [2.05, 4.69) is 17.4 Å². The van der Waals surface area contributed by atoms with Crippen molar-refractivity contribution >= 4 is 29.4 Å². The van der Waals surface area contributed by atoms with Crippen molar-refractivity contribution in [2.24, 2.45) is 0 Å². The third-order valence-corrected chi connectivity index (χ3v) is 5.11. The molecule has 0 saturated heterocycles. The van der Waals surface area contributed by atoms with Crippen molar-refractivity contribution < 1.29 is 9.53 Å². The Morgan fingerprint density at radius 1 is 1.09 bits per heavy atom. The van der Waals surface area contributed by atoms with Gasteiger partial charge < -0.3 is 10.1 Å². The number of thioether (sulfide) groups is 2. The maximum Gasteiger partial charge on any atom is 0.230 e. The van der Waals surface area contributed by atoms with Crippen molar-refractivity contribution in [3.8, 4) is 5.75 Å². The van der Waals surface area contributed by atoms with Crippen LogP contribution in [0, 0.1) is 0 Å². The molecule has 0 heterocycles. The van der Waals surface area contributed by atoms with Gasteiger partial charge in [0.2, 0.25) is 5.91 Å². The first-order valence-electron chi connectivity index (χ1n) is 7.43. The van der Waals surface area contributed by atoms with Gasteiger partial charge in [0.1, 0.15) is 5.75 Å². The van der Waals surface area contributed by atoms with E-state index in [0.717, 1.165) is 17.3 Å². The van der Waals surface area contributed by atoms with E-state index in [9.17, 15) is 4.79 Å². The Balaban J connectivity index is 1.56. The van der Waals surface area contributed by atoms with E-state index < -0.39 is 0 Å². The van der Waals surface area contributed by atoms with Gasteiger partial charge in [-0.15, -0.1) is 23.5 Å². The molecule has 0 radical (unpaired) electrons. The zero-order chi connectivity index (χ0) is 16.3. The number of methoxy groups -OCH3 is 1. The van der Waals surface area contributed by atoms with Crippen LogP contribution in [0.25, 0.3) is 0 Å². The average molecular weight is 348 g/mol. The third kappa shape index (κ3) is 7.01. The maximum atomic E-state index is 11.8. The van der Waals surface area contributed by atoms with Crippen LogP contribution >= 0.6 is 23.5 Å². The maximum absolute atomic E-state index is 11.8. The molecule has 2 aromatic carbocycles. The highest BCUT2D eigenvalue weighted by Crippen LogP contribution is 2.17. The van der Waals surface area contributed by atoms with Crippen LogP contribution in [0.3, 0.4) is 0 Å². The number of nitrogens with one attached hydrogen (secondary N) is 1. The van der Waals surface area contributed by atoms with Crippen LogP contribution in [-0.2, 0) is 10.5 Å². The van der Waals surface area contributed by atoms with Gasteiger partial charge >= 0.3 is 0 Å². The lowest BCUT2D eigenvalue weighted by Crippen LogP contribution is -2.27. The summed E-state index contributed by atoms with van der Waals surface area (Å²) in [5.41, 5.74) is 1.20. The molecule has 0 unspecified atom stereocenters. The molecule has 0 aliphatic carbocycles. The highest BCUT2D eigenvalue weighted by molar-refractivity contribution is 7.99. The number of amides is 1. The number of ether oxygens (including phenoxy) is 1. The van der Waals surface area contributed by atoms with Crippen molar-refractivity contribution in [1.29, 1.82) is 0 Å². The summed E-state index contributed by atoms with van der Waals surface area (Å²) < 4.78 is 5.13. The molecule has 0 fully saturated rings. The minimum Gasteiger partial charge on any atom is -0.497 e. The van der Waals surface area contributed by atoms with E-state index >= 15 is 0 Å². The summed E-state index contributed by atoms with van der Waals surface area (Å²) >= 11 is 3.38. The van der Waals surface area contributed by atoms with Crippen LogP contribution in [0.15, 0.2) is 59.5 Å². The quantitative estimate of drug-likeness (QED) is 0.552. The van der Waals surface area contributed by atoms with Gasteiger partial charge in [0.05, 0.1) is 12.9 Å². The second kappa shape index (κ2) is 10.2. The molecule has 0 bridgehead atoms. The zero-order valence-electron chi connectivity index (χ0n) is 13.2. The fourth-order valence-corrected chi connectivity index (χ4v) is 3.52. The molecule has 3 nitrogen and oxygen atoms in total. The van der Waals surface area contributed by atoms with Gasteiger partial charge in [0, 0.05) is 22.9 Å². The highest BCUT2D eigenvalue weighted by Gasteiger charge is 2.02. The molecule has 2 rings (SSSR count). The molecule has 0 aliphatic heterocycles. The number of hydrogen-bond donors (Lipinski definition) is 1. The standard InChI is InChI=1S/C18H21NO2S2/c1-21-16-9-7-15(8-10-16)13-22-14-18(20)19-11-12-23-17-5-3-2-4-6-17/h2-10H,11-14H2,1H3,(H,19,20). The van der Waals surface area contributed by atoms with Crippen LogP contribution in [0.4, 0.5) is 0 Å². The summed E-state index contributed by atoms with van der Waals surface area (Å²) in [5.74, 6) is 3.15. The van der Waals surface area contributed by atoms with Gasteiger partial charge in [-0.3, -0.25) is 4.79 Å². The molecule has 2 aromatic rings. The van der Waals surface area contributed by atoms with Crippen LogP contribution < -0.4 is 10.1 Å². The largest absolute Gasteiger partial charge is 0.497 e. The molecular formula is C18H21NO2S2. The number of rotatable bonds is 9. The van der Waals surface area contributed by atoms with Gasteiger partial charge in [-0.1, -0.05) is 30.3 Å². The summed E-state index contributed by atoms with van der Waals surface area (Å²) in [6.45, 7) is 0.696. The van der Waals surface area contributed by atoms with Crippen molar-refractivity contribution in [1.82, 2.24) is 5.32 Å². The number of carbonyl (C=O) groups excluding carboxylic acids is 1. The predicted molar refractivity (Wildman–Crippen MR) is 99.3 cm³/mol. The van der Waals surface area contributed by atoms with Crippen molar-refractivity contribution in [3.63, 3.8) is 0 Å². The molecule has 1 amide bonds. The van der Waals surface area contributed by atoms with E-state index in [1.807, 2.05) is 42.5 Å². The molecule has 0 aromatic heterocycles. The Bertz CT molecular complexity index is 588. The lowest BCUT2D eigenvalue weighted by molar-refractivity contribution is -0.118. The molecule has 0 saturated carbocycles. The van der Waals surface area contributed by atoms with Gasteiger partial charge in [0.25, 0.3) is 0 Å². The van der Waals surface area contributed by atoms with Crippen LogP contribution in [0.5, 0.6) is 5.75 Å². The number of hydrogen-bond acceptors (Lipinski definition) is 4. The molecule has 0 aliphatic rings. The fourth-order valence-electron chi connectivity index (χ4n) is 1.91. The lowest BCUT2D eigenvalue weighted by atomic mass is 10.2. The Morgan fingerprint density at radius 3 is 2.52 bits per heavy atom. The molecule has 23 heavy (non-hydrogen) atoms. The van der Waals surface area contributed by atoms with E-state index in [0.29, 0.717) is 12.3 Å². The van der Waals surface area contributed by atoms with Crippen LogP contribution in [-0.4, -0.2) is 31.1 Å². The second-order valence-corrected chi connectivity index (χ2v) is 7.01. The van der Waals surface area contributed by atoms with Crippen molar-refractivity contribution in [2.75, 3.05) is 25.2 Å². The smallest absolute Gasteiger partial charge is 0.230 e. The van der Waals surface area contributed by atoms with Crippen molar-refractivity contribution in [2.45, 2.75) is 10.6 Å². The minimum atomic E-state index is 0.0946. The molecular weight excluding hydrogens is 326 g/mol. The average Bonchev–Trinajstić information content (AvgIpc) is 2.60. The highest BCUT2D eigenvalue weighted by atomic mass is 32.2. The summed E-state index contributed by atoms with van der Waals surface area (Å²) in [6, 6.07) is 18.2. The minimum absolute atomic E-state index is 0.0946. The Labute approximate surface area is 146 Å². The third-order valence-electron chi connectivity index (χ3n) is 3.10.